The van der Waals surface area contributed by atoms with Crippen molar-refractivity contribution in [3.05, 3.63) is 78.4 Å². The third-order valence-electron chi connectivity index (χ3n) is 14.2. The second-order valence-corrected chi connectivity index (χ2v) is 21.8. The number of thioether (sulfide) groups is 1. The molecule has 0 bridgehead atoms. The predicted molar refractivity (Wildman–Crippen MR) is 294 cm³/mol. The van der Waals surface area contributed by atoms with Gasteiger partial charge in [-0.05, 0) is 56.0 Å². The van der Waals surface area contributed by atoms with Crippen LogP contribution in [0.1, 0.15) is 230 Å². The molecule has 0 aliphatic heterocycles. The van der Waals surface area contributed by atoms with Gasteiger partial charge in [0.05, 0.1) is 43.8 Å². The molecular formula is C61H97NO9S. The molecule has 11 heteroatoms. The summed E-state index contributed by atoms with van der Waals surface area (Å²) in [6, 6.07) is 17.8. The van der Waals surface area contributed by atoms with Crippen LogP contribution in [0.15, 0.2) is 77.7 Å². The Morgan fingerprint density at radius 2 is 1.14 bits per heavy atom. The van der Waals surface area contributed by atoms with Gasteiger partial charge in [-0.3, -0.25) is 14.4 Å². The smallest absolute Gasteiger partial charge is 0.338 e. The Morgan fingerprint density at radius 3 is 1.67 bits per heavy atom. The molecule has 1 amide bonds. The number of nitrogens with one attached hydrogen (secondary N) is 1. The summed E-state index contributed by atoms with van der Waals surface area (Å²) in [6.07, 6.45) is 34.8. The lowest BCUT2D eigenvalue weighted by Gasteiger charge is -2.42. The minimum absolute atomic E-state index is 0.0625. The number of aliphatic hydroxyl groups excluding tert-OH is 2. The van der Waals surface area contributed by atoms with Crippen LogP contribution in [0.5, 0.6) is 0 Å². The summed E-state index contributed by atoms with van der Waals surface area (Å²) in [5.74, 6) is -2.76. The average molecular weight is 1020 g/mol. The van der Waals surface area contributed by atoms with Crippen LogP contribution >= 0.6 is 11.8 Å². The van der Waals surface area contributed by atoms with Gasteiger partial charge in [0.1, 0.15) is 12.2 Å². The van der Waals surface area contributed by atoms with Gasteiger partial charge in [-0.15, -0.1) is 11.8 Å². The normalized spacial score (nSPS) is 18.7. The van der Waals surface area contributed by atoms with E-state index in [9.17, 15) is 29.4 Å². The molecule has 0 aromatic heterocycles. The Labute approximate surface area is 440 Å². The monoisotopic (exact) mass is 1020 g/mol. The number of hydrogen-bond acceptors (Lipinski definition) is 10. The van der Waals surface area contributed by atoms with Gasteiger partial charge in [0.25, 0.3) is 0 Å². The number of carbonyl (C=O) groups is 4. The van der Waals surface area contributed by atoms with E-state index in [1.165, 1.54) is 135 Å². The molecule has 0 saturated heterocycles. The van der Waals surface area contributed by atoms with Gasteiger partial charge in [0, 0.05) is 28.4 Å². The fourth-order valence-electron chi connectivity index (χ4n) is 9.71. The van der Waals surface area contributed by atoms with E-state index < -0.39 is 60.7 Å². The molecule has 1 aliphatic carbocycles. The first kappa shape index (κ1) is 62.6. The van der Waals surface area contributed by atoms with E-state index in [1.807, 2.05) is 49.4 Å². The number of amides is 1. The van der Waals surface area contributed by atoms with E-state index in [0.717, 1.165) is 43.4 Å². The SMILES string of the molecule is CCCCCCCCCCCCC/C=C/[C@@H](OC(=O)CCC(=O)OCC1C[C@@H](Sc2ccccc2)C(OC(=O)c2ccccc2)[C@@H](C)[C@@H]1O)[C@H](CO)NC(=O)CCCCCCCCCCCCCCCCC. The number of rotatable bonds is 42. The Hall–Kier alpha value is -3.67. The Kier molecular flexibility index (Phi) is 35.4. The predicted octanol–water partition coefficient (Wildman–Crippen LogP) is 14.6. The fraction of sp³-hybridized carbons (Fsp3) is 0.705. The lowest BCUT2D eigenvalue weighted by atomic mass is 9.77. The van der Waals surface area contributed by atoms with Crippen molar-refractivity contribution in [2.75, 3.05) is 13.2 Å². The average Bonchev–Trinajstić information content (AvgIpc) is 3.39. The molecule has 0 heterocycles. The molecule has 3 N–H and O–H groups in total. The first-order valence-corrected chi connectivity index (χ1v) is 29.6. The minimum Gasteiger partial charge on any atom is -0.465 e. The topological polar surface area (TPSA) is 148 Å². The highest BCUT2D eigenvalue weighted by Gasteiger charge is 2.45. The van der Waals surface area contributed by atoms with E-state index in [-0.39, 0.29) is 30.6 Å². The van der Waals surface area contributed by atoms with E-state index in [0.29, 0.717) is 18.4 Å². The van der Waals surface area contributed by atoms with Crippen LogP contribution in [-0.2, 0) is 28.6 Å². The van der Waals surface area contributed by atoms with Crippen LogP contribution in [0, 0.1) is 11.8 Å². The molecule has 72 heavy (non-hydrogen) atoms. The van der Waals surface area contributed by atoms with Crippen LogP contribution in [0.3, 0.4) is 0 Å². The highest BCUT2D eigenvalue weighted by molar-refractivity contribution is 8.00. The number of unbranched alkanes of at least 4 members (excludes halogenated alkanes) is 25. The number of hydrogen-bond donors (Lipinski definition) is 3. The highest BCUT2D eigenvalue weighted by atomic mass is 32.2. The third kappa shape index (κ3) is 28.1. The van der Waals surface area contributed by atoms with E-state index in [1.54, 1.807) is 42.1 Å². The van der Waals surface area contributed by atoms with E-state index in [2.05, 4.69) is 19.2 Å². The first-order valence-electron chi connectivity index (χ1n) is 28.7. The van der Waals surface area contributed by atoms with Crippen molar-refractivity contribution >= 4 is 35.6 Å². The quantitative estimate of drug-likeness (QED) is 0.0254. The van der Waals surface area contributed by atoms with Crippen molar-refractivity contribution < 1.29 is 43.6 Å². The van der Waals surface area contributed by atoms with Crippen LogP contribution in [0.2, 0.25) is 0 Å². The molecule has 7 atom stereocenters. The maximum atomic E-state index is 13.3. The van der Waals surface area contributed by atoms with Crippen molar-refractivity contribution in [3.8, 4) is 0 Å². The summed E-state index contributed by atoms with van der Waals surface area (Å²) in [4.78, 5) is 53.8. The molecule has 10 nitrogen and oxygen atoms in total. The number of ether oxygens (including phenoxy) is 3. The van der Waals surface area contributed by atoms with E-state index in [4.69, 9.17) is 14.2 Å². The molecule has 1 aliphatic rings. The molecule has 3 rings (SSSR count). The Morgan fingerprint density at radius 1 is 0.653 bits per heavy atom. The second-order valence-electron chi connectivity index (χ2n) is 20.5. The van der Waals surface area contributed by atoms with Crippen molar-refractivity contribution in [3.63, 3.8) is 0 Å². The van der Waals surface area contributed by atoms with Crippen LogP contribution < -0.4 is 5.32 Å². The zero-order valence-corrected chi connectivity index (χ0v) is 45.8. The lowest BCUT2D eigenvalue weighted by Crippen LogP contribution is -2.50. The molecule has 2 aromatic rings. The Balaban J connectivity index is 1.48. The molecular weight excluding hydrogens is 923 g/mol. The van der Waals surface area contributed by atoms with Gasteiger partial charge < -0.3 is 29.7 Å². The largest absolute Gasteiger partial charge is 0.465 e. The van der Waals surface area contributed by atoms with E-state index >= 15 is 0 Å². The van der Waals surface area contributed by atoms with Gasteiger partial charge in [-0.2, -0.15) is 0 Å². The minimum atomic E-state index is -0.911. The van der Waals surface area contributed by atoms with Crippen LogP contribution in [-0.4, -0.2) is 76.8 Å². The van der Waals surface area contributed by atoms with Gasteiger partial charge in [-0.1, -0.05) is 217 Å². The molecule has 0 spiro atoms. The zero-order chi connectivity index (χ0) is 51.9. The maximum absolute atomic E-state index is 13.3. The van der Waals surface area contributed by atoms with Crippen molar-refractivity contribution in [1.82, 2.24) is 5.32 Å². The van der Waals surface area contributed by atoms with Gasteiger partial charge in [0.15, 0.2) is 0 Å². The number of aliphatic hydroxyl groups is 2. The number of esters is 3. The number of benzene rings is 2. The summed E-state index contributed by atoms with van der Waals surface area (Å²) in [5, 5.41) is 24.6. The highest BCUT2D eigenvalue weighted by Crippen LogP contribution is 2.41. The number of carbonyl (C=O) groups excluding carboxylic acids is 4. The van der Waals surface area contributed by atoms with Crippen molar-refractivity contribution in [2.45, 2.75) is 254 Å². The lowest BCUT2D eigenvalue weighted by molar-refractivity contribution is -0.155. The molecule has 406 valence electrons. The summed E-state index contributed by atoms with van der Waals surface area (Å²) in [7, 11) is 0. The zero-order valence-electron chi connectivity index (χ0n) is 45.0. The first-order chi connectivity index (χ1) is 35.2. The molecule has 1 saturated carbocycles. The summed E-state index contributed by atoms with van der Waals surface area (Å²) in [6.45, 7) is 5.88. The molecule has 2 aromatic carbocycles. The fourth-order valence-corrected chi connectivity index (χ4v) is 11.2. The summed E-state index contributed by atoms with van der Waals surface area (Å²) in [5.41, 5.74) is 0.432. The summed E-state index contributed by atoms with van der Waals surface area (Å²) < 4.78 is 17.6. The maximum Gasteiger partial charge on any atom is 0.338 e. The standard InChI is InChI=1S/C61H97NO9S/c1-4-6-8-10-12-14-16-18-19-21-23-25-27-29-37-43-56(64)62-53(47-63)54(42-36-28-26-24-22-20-17-15-13-11-9-7-5-2)70-58(66)45-44-57(65)69-48-51-46-55(72-52-40-34-31-35-41-52)60(49(3)59(51)67)71-61(68)50-38-32-30-33-39-50/h30-36,38-42,49,51,53-55,59-60,63,67H,4-29,37,43-48H2,1-3H3,(H,62,64)/b42-36+/t49-,51?,53-,54+,55+,59-,60?/m0/s1. The van der Waals surface area contributed by atoms with Crippen molar-refractivity contribution in [2.24, 2.45) is 11.8 Å². The van der Waals surface area contributed by atoms with Gasteiger partial charge >= 0.3 is 17.9 Å². The molecule has 0 radical (unpaired) electrons. The van der Waals surface area contributed by atoms with Gasteiger partial charge in [-0.25, -0.2) is 4.79 Å². The molecule has 2 unspecified atom stereocenters. The summed E-state index contributed by atoms with van der Waals surface area (Å²) >= 11 is 1.57. The number of allylic oxidation sites excluding steroid dienone is 1. The molecule has 1 fully saturated rings. The second kappa shape index (κ2) is 40.7. The van der Waals surface area contributed by atoms with Crippen LogP contribution in [0.4, 0.5) is 0 Å². The van der Waals surface area contributed by atoms with Crippen LogP contribution in [0.25, 0.3) is 0 Å². The Bertz CT molecular complexity index is 1730. The van der Waals surface area contributed by atoms with Crippen molar-refractivity contribution in [1.29, 1.82) is 0 Å². The third-order valence-corrected chi connectivity index (χ3v) is 15.5. The van der Waals surface area contributed by atoms with Gasteiger partial charge in [0.2, 0.25) is 5.91 Å².